The van der Waals surface area contributed by atoms with Crippen molar-refractivity contribution in [3.05, 3.63) is 54.1 Å². The Labute approximate surface area is 330 Å². The number of benzene rings is 4. The van der Waals surface area contributed by atoms with Crippen molar-refractivity contribution >= 4 is 95.3 Å². The lowest BCUT2D eigenvalue weighted by molar-refractivity contribution is -0.432. The van der Waals surface area contributed by atoms with Crippen LogP contribution in [0, 0.1) is 18.3 Å². The molecule has 4 aromatic carbocycles. The molecule has 27 heteroatoms. The van der Waals surface area contributed by atoms with Crippen LogP contribution in [0.1, 0.15) is 5.56 Å². The molecule has 0 spiro atoms. The molecule has 302 valence electrons. The lowest BCUT2D eigenvalue weighted by Crippen LogP contribution is -2.11. The number of hydrogen-bond acceptors (Lipinski definition) is 23. The van der Waals surface area contributed by atoms with Gasteiger partial charge in [-0.15, -0.1) is 29.1 Å². The van der Waals surface area contributed by atoms with Crippen LogP contribution in [0.25, 0.3) is 10.8 Å². The van der Waals surface area contributed by atoms with Crippen LogP contribution in [0.2, 0.25) is 0 Å². The first-order chi connectivity index (χ1) is 26.2. The number of nitrogen functional groups attached to an aromatic ring is 1. The van der Waals surface area contributed by atoms with E-state index < -0.39 is 26.0 Å². The Bertz CT molecular complexity index is 2370. The molecule has 0 aliphatic heterocycles. The number of phenolic OH excluding ortho intramolecular Hbond substituents is 1. The standard InChI is InChI=1S/C29H27N5O16S5.H2O/c1-16-12-22(23(44-3)15-24(16)51-10-8-45-50-55(40,41)42)32-34-28-26(53-49-47-37)14-19-18(29(28)35)5-6-20(30)27(19)33-31-21-7-4-17(13-25(21)52-48-46-36)54(38,39)11-9-43-2;/h4-7,12-15,35-37H,9,11,30H2,1-3H3,(H,40,41,42);1H2. The number of anilines is 1. The molecule has 0 bridgehead atoms. The molecule has 0 unspecified atom stereocenters. The minimum absolute atomic E-state index is 0. The zero-order valence-corrected chi connectivity index (χ0v) is 32.7. The lowest BCUT2D eigenvalue weighted by Gasteiger charge is -2.12. The summed E-state index contributed by atoms with van der Waals surface area (Å²) in [5.41, 5.74) is 7.15. The smallest absolute Gasteiger partial charge is 0.433 e. The van der Waals surface area contributed by atoms with Gasteiger partial charge in [0, 0.05) is 28.0 Å². The van der Waals surface area contributed by atoms with E-state index in [0.29, 0.717) is 34.5 Å². The first-order valence-electron chi connectivity index (χ1n) is 14.5. The van der Waals surface area contributed by atoms with Gasteiger partial charge in [0.05, 0.1) is 63.9 Å². The molecule has 0 saturated carbocycles. The number of fused-ring (bicyclic) bond motifs is 1. The molecule has 8 N–H and O–H groups in total. The van der Waals surface area contributed by atoms with Crippen molar-refractivity contribution in [1.29, 1.82) is 0 Å². The average molecular weight is 880 g/mol. The van der Waals surface area contributed by atoms with E-state index in [2.05, 4.69) is 53.7 Å². The quantitative estimate of drug-likeness (QED) is 0.0104. The number of aromatic hydroxyl groups is 1. The first-order valence-corrected chi connectivity index (χ1v) is 19.8. The fraction of sp³-hybridized carbons (Fsp3) is 0.172. The van der Waals surface area contributed by atoms with Gasteiger partial charge in [-0.1, -0.05) is 10.1 Å². The van der Waals surface area contributed by atoms with Crippen molar-refractivity contribution in [2.24, 2.45) is 20.5 Å². The molecule has 0 saturated heterocycles. The van der Waals surface area contributed by atoms with Crippen LogP contribution < -0.4 is 10.5 Å². The van der Waals surface area contributed by atoms with E-state index >= 15 is 0 Å². The second-order valence-corrected chi connectivity index (χ2v) is 15.6. The van der Waals surface area contributed by atoms with Crippen molar-refractivity contribution in [3.63, 3.8) is 0 Å². The summed E-state index contributed by atoms with van der Waals surface area (Å²) < 4.78 is 78.3. The number of rotatable bonds is 18. The Kier molecular flexibility index (Phi) is 17.5. The van der Waals surface area contributed by atoms with Crippen LogP contribution in [-0.4, -0.2) is 69.1 Å². The first kappa shape index (κ1) is 46.0. The van der Waals surface area contributed by atoms with Gasteiger partial charge >= 0.3 is 10.4 Å². The highest BCUT2D eigenvalue weighted by Crippen LogP contribution is 2.48. The Hall–Kier alpha value is -4.35. The second-order valence-electron chi connectivity index (χ2n) is 10.1. The number of azo groups is 2. The number of ether oxygens (including phenoxy) is 2. The van der Waals surface area contributed by atoms with Gasteiger partial charge in [0.15, 0.2) is 21.7 Å². The number of hydrogen-bond donors (Lipinski definition) is 5. The fourth-order valence-electron chi connectivity index (χ4n) is 4.31. The van der Waals surface area contributed by atoms with E-state index in [0.717, 1.165) is 11.8 Å². The number of phenols is 1. The summed E-state index contributed by atoms with van der Waals surface area (Å²) in [6.45, 7) is 1.65. The summed E-state index contributed by atoms with van der Waals surface area (Å²) in [5, 5.41) is 56.2. The monoisotopic (exact) mass is 879 g/mol. The summed E-state index contributed by atoms with van der Waals surface area (Å²) in [6, 6.07) is 11.3. The van der Waals surface area contributed by atoms with E-state index in [1.54, 1.807) is 19.1 Å². The normalized spacial score (nSPS) is 11.8. The van der Waals surface area contributed by atoms with Gasteiger partial charge in [0.2, 0.25) is 0 Å². The van der Waals surface area contributed by atoms with Gasteiger partial charge in [-0.05, 0) is 77.1 Å². The molecule has 22 nitrogen and oxygen atoms in total. The lowest BCUT2D eigenvalue weighted by atomic mass is 10.1. The van der Waals surface area contributed by atoms with Crippen molar-refractivity contribution in [2.45, 2.75) is 26.5 Å². The van der Waals surface area contributed by atoms with Gasteiger partial charge in [0.1, 0.15) is 28.5 Å². The maximum Gasteiger partial charge on any atom is 0.433 e. The molecular weight excluding hydrogens is 851 g/mol. The van der Waals surface area contributed by atoms with E-state index in [-0.39, 0.29) is 77.5 Å². The number of thioether (sulfide) groups is 1. The predicted molar refractivity (Wildman–Crippen MR) is 199 cm³/mol. The number of nitrogens with zero attached hydrogens (tertiary/aromatic N) is 4. The topological polar surface area (TPSA) is 330 Å². The molecule has 4 aromatic rings. The number of nitrogens with two attached hydrogens (primary N) is 1. The summed E-state index contributed by atoms with van der Waals surface area (Å²) in [4.78, 5) is 4.67. The second kappa shape index (κ2) is 21.3. The summed E-state index contributed by atoms with van der Waals surface area (Å²) in [6.07, 6.45) is 1.94. The highest BCUT2D eigenvalue weighted by molar-refractivity contribution is 8.04. The Morgan fingerprint density at radius 1 is 0.821 bits per heavy atom. The highest BCUT2D eigenvalue weighted by Gasteiger charge is 2.21. The summed E-state index contributed by atoms with van der Waals surface area (Å²) in [5.74, 6) is -0.522. The van der Waals surface area contributed by atoms with Gasteiger partial charge in [0.25, 0.3) is 0 Å². The van der Waals surface area contributed by atoms with E-state index in [4.69, 9.17) is 30.3 Å². The largest absolute Gasteiger partial charge is 0.505 e. The summed E-state index contributed by atoms with van der Waals surface area (Å²) in [7, 11) is -5.89. The average Bonchev–Trinajstić information content (AvgIpc) is 3.14. The van der Waals surface area contributed by atoms with Crippen LogP contribution in [-0.2, 0) is 52.9 Å². The fourth-order valence-corrected chi connectivity index (χ4v) is 7.23. The minimum Gasteiger partial charge on any atom is -0.505 e. The van der Waals surface area contributed by atoms with Crippen molar-refractivity contribution in [2.75, 3.05) is 32.3 Å². The van der Waals surface area contributed by atoms with Crippen molar-refractivity contribution in [3.8, 4) is 22.9 Å². The number of sulfone groups is 1. The van der Waals surface area contributed by atoms with Crippen molar-refractivity contribution < 1.29 is 79.9 Å². The molecule has 0 aliphatic rings. The molecule has 0 amide bonds. The van der Waals surface area contributed by atoms with Gasteiger partial charge in [-0.25, -0.2) is 18.9 Å². The SMILES string of the molecule is COCCS(=O)(=O)c1ccc(N=Nc2c(N)ccc3c(O)c(N=Nc4cc(C)c(SC#COOS(=O)(=O)O)cc4OC)c(SOOO)cc23)c(SOOO)c1.O. The van der Waals surface area contributed by atoms with Crippen LogP contribution in [0.4, 0.5) is 28.4 Å². The zero-order chi connectivity index (χ0) is 40.2. The third-order valence-corrected chi connectivity index (χ3v) is 10.8. The molecular formula is C29H29N5O17S5. The van der Waals surface area contributed by atoms with Crippen LogP contribution >= 0.6 is 35.8 Å². The molecule has 4 rings (SSSR count). The van der Waals surface area contributed by atoms with Crippen LogP contribution in [0.3, 0.4) is 0 Å². The van der Waals surface area contributed by atoms with Crippen LogP contribution in [0.5, 0.6) is 11.5 Å². The third kappa shape index (κ3) is 12.3. The maximum atomic E-state index is 12.7. The minimum atomic E-state index is -4.85. The Morgan fingerprint density at radius 3 is 2.16 bits per heavy atom. The van der Waals surface area contributed by atoms with E-state index in [9.17, 15) is 21.9 Å². The Morgan fingerprint density at radius 2 is 1.50 bits per heavy atom. The molecule has 56 heavy (non-hydrogen) atoms. The zero-order valence-electron chi connectivity index (χ0n) is 28.6. The molecule has 0 atom stereocenters. The van der Waals surface area contributed by atoms with E-state index in [1.807, 2.05) is 6.11 Å². The van der Waals surface area contributed by atoms with Crippen LogP contribution in [0.15, 0.2) is 88.6 Å². The third-order valence-electron chi connectivity index (χ3n) is 6.75. The van der Waals surface area contributed by atoms with Crippen molar-refractivity contribution in [1.82, 2.24) is 0 Å². The Balaban J connectivity index is 0.00000841. The van der Waals surface area contributed by atoms with Gasteiger partial charge in [-0.2, -0.15) is 8.42 Å². The maximum absolute atomic E-state index is 12.7. The highest BCUT2D eigenvalue weighted by atomic mass is 32.3. The molecule has 0 radical (unpaired) electrons. The summed E-state index contributed by atoms with van der Waals surface area (Å²) >= 11 is 1.80. The van der Waals surface area contributed by atoms with Gasteiger partial charge < -0.3 is 25.8 Å². The predicted octanol–water partition coefficient (Wildman–Crippen LogP) is 6.49. The number of aryl methyl sites for hydroxylation is 1. The van der Waals surface area contributed by atoms with Gasteiger partial charge in [-0.3, -0.25) is 9.44 Å². The molecule has 0 heterocycles. The number of methoxy groups -OCH3 is 2. The molecule has 0 aromatic heterocycles. The molecule has 0 fully saturated rings. The molecule has 0 aliphatic carbocycles. The van der Waals surface area contributed by atoms with E-state index in [1.165, 1.54) is 50.6 Å².